The van der Waals surface area contributed by atoms with E-state index in [1.807, 2.05) is 6.07 Å². The van der Waals surface area contributed by atoms with Gasteiger partial charge in [-0.2, -0.15) is 5.26 Å². The van der Waals surface area contributed by atoms with Crippen LogP contribution in [-0.2, 0) is 4.79 Å². The van der Waals surface area contributed by atoms with Crippen molar-refractivity contribution >= 4 is 11.7 Å². The van der Waals surface area contributed by atoms with Crippen molar-refractivity contribution in [2.24, 2.45) is 0 Å². The molecule has 4 heteroatoms. The minimum atomic E-state index is -1.03. The largest absolute Gasteiger partial charge is 0.478 e. The summed E-state index contributed by atoms with van der Waals surface area (Å²) < 4.78 is 0. The number of rotatable bonds is 4. The number of hydrogen-bond donors (Lipinski definition) is 2. The molecule has 76 valence electrons. The van der Waals surface area contributed by atoms with Gasteiger partial charge in [-0.1, -0.05) is 12.6 Å². The van der Waals surface area contributed by atoms with E-state index in [9.17, 15) is 4.79 Å². The molecule has 2 N–H and O–H groups in total. The molecule has 0 aromatic heterocycles. The number of carboxylic acid groups (broad SMARTS) is 1. The second-order valence-electron chi connectivity index (χ2n) is 2.95. The highest BCUT2D eigenvalue weighted by Crippen LogP contribution is 2.09. The van der Waals surface area contributed by atoms with E-state index in [4.69, 9.17) is 10.4 Å². The summed E-state index contributed by atoms with van der Waals surface area (Å²) in [6.07, 6.45) is 0. The fraction of sp³-hybridized carbons (Fsp3) is 0.0909. The third kappa shape index (κ3) is 3.16. The normalized spacial score (nSPS) is 9.00. The second-order valence-corrected chi connectivity index (χ2v) is 2.95. The standard InChI is InChI=1S/C11H10N2O2/c1-8(11(14)15)7-13-10-4-2-3-9(5-10)6-12/h2-5,13H,1,7H2,(H,14,15). The molecule has 0 aliphatic rings. The Balaban J connectivity index is 2.62. The van der Waals surface area contributed by atoms with Crippen LogP contribution in [0.2, 0.25) is 0 Å². The molecular weight excluding hydrogens is 192 g/mol. The SMILES string of the molecule is C=C(CNc1cccc(C#N)c1)C(=O)O. The van der Waals surface area contributed by atoms with Crippen LogP contribution in [0, 0.1) is 11.3 Å². The number of carboxylic acids is 1. The topological polar surface area (TPSA) is 73.1 Å². The minimum Gasteiger partial charge on any atom is -0.478 e. The zero-order chi connectivity index (χ0) is 11.3. The Hall–Kier alpha value is -2.28. The van der Waals surface area contributed by atoms with Crippen molar-refractivity contribution in [3.63, 3.8) is 0 Å². The highest BCUT2D eigenvalue weighted by molar-refractivity contribution is 5.86. The maximum absolute atomic E-state index is 10.5. The lowest BCUT2D eigenvalue weighted by Crippen LogP contribution is -2.11. The monoisotopic (exact) mass is 202 g/mol. The van der Waals surface area contributed by atoms with Crippen molar-refractivity contribution < 1.29 is 9.90 Å². The van der Waals surface area contributed by atoms with E-state index in [2.05, 4.69) is 11.9 Å². The molecule has 0 spiro atoms. The first-order valence-corrected chi connectivity index (χ1v) is 4.28. The van der Waals surface area contributed by atoms with Crippen LogP contribution in [-0.4, -0.2) is 17.6 Å². The average molecular weight is 202 g/mol. The molecule has 0 atom stereocenters. The fourth-order valence-electron chi connectivity index (χ4n) is 0.983. The lowest BCUT2D eigenvalue weighted by molar-refractivity contribution is -0.132. The summed E-state index contributed by atoms with van der Waals surface area (Å²) in [7, 11) is 0. The summed E-state index contributed by atoms with van der Waals surface area (Å²) >= 11 is 0. The molecule has 0 saturated heterocycles. The van der Waals surface area contributed by atoms with Crippen molar-refractivity contribution in [1.82, 2.24) is 0 Å². The molecule has 1 aromatic carbocycles. The summed E-state index contributed by atoms with van der Waals surface area (Å²) in [5.74, 6) is -1.03. The van der Waals surface area contributed by atoms with Gasteiger partial charge < -0.3 is 10.4 Å². The van der Waals surface area contributed by atoms with Crippen LogP contribution in [0.4, 0.5) is 5.69 Å². The summed E-state index contributed by atoms with van der Waals surface area (Å²) in [6, 6.07) is 8.81. The van der Waals surface area contributed by atoms with Crippen LogP contribution in [0.5, 0.6) is 0 Å². The van der Waals surface area contributed by atoms with Crippen molar-refractivity contribution in [3.8, 4) is 6.07 Å². The highest BCUT2D eigenvalue weighted by Gasteiger charge is 2.03. The molecular formula is C11H10N2O2. The van der Waals surface area contributed by atoms with Gasteiger partial charge in [0, 0.05) is 17.8 Å². The summed E-state index contributed by atoms with van der Waals surface area (Å²) in [5, 5.41) is 20.1. The predicted octanol–water partition coefficient (Wildman–Crippen LogP) is 1.61. The van der Waals surface area contributed by atoms with Gasteiger partial charge in [-0.15, -0.1) is 0 Å². The van der Waals surface area contributed by atoms with Gasteiger partial charge in [0.25, 0.3) is 0 Å². The summed E-state index contributed by atoms with van der Waals surface area (Å²) in [6.45, 7) is 3.54. The van der Waals surface area contributed by atoms with E-state index in [1.54, 1.807) is 24.3 Å². The van der Waals surface area contributed by atoms with Crippen LogP contribution in [0.3, 0.4) is 0 Å². The smallest absolute Gasteiger partial charge is 0.332 e. The molecule has 0 heterocycles. The molecule has 0 amide bonds. The van der Waals surface area contributed by atoms with Gasteiger partial charge in [-0.05, 0) is 18.2 Å². The van der Waals surface area contributed by atoms with Gasteiger partial charge in [0.1, 0.15) is 0 Å². The van der Waals surface area contributed by atoms with Gasteiger partial charge in [-0.3, -0.25) is 0 Å². The zero-order valence-corrected chi connectivity index (χ0v) is 8.03. The average Bonchev–Trinajstić information content (AvgIpc) is 2.26. The fourth-order valence-corrected chi connectivity index (χ4v) is 0.983. The van der Waals surface area contributed by atoms with Crippen molar-refractivity contribution in [2.45, 2.75) is 0 Å². The Morgan fingerprint density at radius 3 is 2.93 bits per heavy atom. The number of hydrogen-bond acceptors (Lipinski definition) is 3. The summed E-state index contributed by atoms with van der Waals surface area (Å²) in [5.41, 5.74) is 1.31. The number of carbonyl (C=O) groups is 1. The van der Waals surface area contributed by atoms with E-state index < -0.39 is 5.97 Å². The maximum Gasteiger partial charge on any atom is 0.332 e. The quantitative estimate of drug-likeness (QED) is 0.727. The number of nitriles is 1. The Kier molecular flexibility index (Phi) is 3.47. The number of nitrogens with one attached hydrogen (secondary N) is 1. The lowest BCUT2D eigenvalue weighted by atomic mass is 10.2. The van der Waals surface area contributed by atoms with E-state index in [0.29, 0.717) is 11.3 Å². The lowest BCUT2D eigenvalue weighted by Gasteiger charge is -2.05. The van der Waals surface area contributed by atoms with Crippen LogP contribution in [0.1, 0.15) is 5.56 Å². The zero-order valence-electron chi connectivity index (χ0n) is 8.03. The molecule has 15 heavy (non-hydrogen) atoms. The van der Waals surface area contributed by atoms with Gasteiger partial charge in [-0.25, -0.2) is 4.79 Å². The van der Waals surface area contributed by atoms with E-state index in [0.717, 1.165) is 0 Å². The van der Waals surface area contributed by atoms with Crippen molar-refractivity contribution in [3.05, 3.63) is 42.0 Å². The third-order valence-corrected chi connectivity index (χ3v) is 1.80. The van der Waals surface area contributed by atoms with E-state index in [1.165, 1.54) is 0 Å². The van der Waals surface area contributed by atoms with Crippen molar-refractivity contribution in [1.29, 1.82) is 5.26 Å². The molecule has 0 aliphatic carbocycles. The van der Waals surface area contributed by atoms with E-state index in [-0.39, 0.29) is 12.1 Å². The second kappa shape index (κ2) is 4.82. The molecule has 1 rings (SSSR count). The van der Waals surface area contributed by atoms with Crippen LogP contribution < -0.4 is 5.32 Å². The Labute approximate surface area is 87.5 Å². The number of anilines is 1. The molecule has 0 fully saturated rings. The Morgan fingerprint density at radius 2 is 2.33 bits per heavy atom. The maximum atomic E-state index is 10.5. The van der Waals surface area contributed by atoms with E-state index >= 15 is 0 Å². The number of nitrogens with zero attached hydrogens (tertiary/aromatic N) is 1. The molecule has 0 radical (unpaired) electrons. The Morgan fingerprint density at radius 1 is 1.60 bits per heavy atom. The Bertz CT molecular complexity index is 432. The third-order valence-electron chi connectivity index (χ3n) is 1.80. The first kappa shape index (κ1) is 10.8. The molecule has 4 nitrogen and oxygen atoms in total. The predicted molar refractivity (Wildman–Crippen MR) is 56.4 cm³/mol. The van der Waals surface area contributed by atoms with Gasteiger partial charge in [0.05, 0.1) is 11.6 Å². The van der Waals surface area contributed by atoms with Gasteiger partial charge in [0.2, 0.25) is 0 Å². The molecule has 0 saturated carbocycles. The highest BCUT2D eigenvalue weighted by atomic mass is 16.4. The number of benzene rings is 1. The van der Waals surface area contributed by atoms with Crippen LogP contribution in [0.25, 0.3) is 0 Å². The molecule has 0 aliphatic heterocycles. The van der Waals surface area contributed by atoms with Crippen molar-refractivity contribution in [2.75, 3.05) is 11.9 Å². The minimum absolute atomic E-state index is 0.0809. The first-order valence-electron chi connectivity index (χ1n) is 4.28. The van der Waals surface area contributed by atoms with Crippen LogP contribution >= 0.6 is 0 Å². The molecule has 0 bridgehead atoms. The number of aliphatic carboxylic acids is 1. The van der Waals surface area contributed by atoms with Gasteiger partial charge >= 0.3 is 5.97 Å². The first-order chi connectivity index (χ1) is 7.13. The molecule has 1 aromatic rings. The van der Waals surface area contributed by atoms with Crippen LogP contribution in [0.15, 0.2) is 36.4 Å². The summed E-state index contributed by atoms with van der Waals surface area (Å²) in [4.78, 5) is 10.5. The van der Waals surface area contributed by atoms with Gasteiger partial charge in [0.15, 0.2) is 0 Å². The molecule has 0 unspecified atom stereocenters.